The molecule has 2 aliphatic rings. The summed E-state index contributed by atoms with van der Waals surface area (Å²) in [5, 5.41) is 2.58. The number of carbonyl (C=O) groups excluding carboxylic acids is 5. The van der Waals surface area contributed by atoms with Gasteiger partial charge in [-0.15, -0.1) is 0 Å². The zero-order valence-corrected chi connectivity index (χ0v) is 19.8. The Kier molecular flexibility index (Phi) is 7.58. The van der Waals surface area contributed by atoms with Gasteiger partial charge in [-0.05, 0) is 61.7 Å². The quantitative estimate of drug-likeness (QED) is 0.342. The van der Waals surface area contributed by atoms with Gasteiger partial charge in [0.25, 0.3) is 5.91 Å². The SMILES string of the molecule is CCCOC(=O)c1ccc(NC(=O)COC(=O)c2cccc(N3C(=O)[C@@H]4CC=CC[C@H]4C3=O)c2)cc1. The van der Waals surface area contributed by atoms with Crippen LogP contribution in [-0.2, 0) is 23.9 Å². The van der Waals surface area contributed by atoms with Gasteiger partial charge in [0.1, 0.15) is 0 Å². The molecular weight excluding hydrogens is 464 g/mol. The van der Waals surface area contributed by atoms with Crippen LogP contribution in [0.25, 0.3) is 0 Å². The lowest BCUT2D eigenvalue weighted by Crippen LogP contribution is -2.31. The molecule has 9 nitrogen and oxygen atoms in total. The number of fused-ring (bicyclic) bond motifs is 1. The summed E-state index contributed by atoms with van der Waals surface area (Å²) in [4.78, 5) is 63.4. The van der Waals surface area contributed by atoms with Crippen molar-refractivity contribution in [1.82, 2.24) is 0 Å². The first-order valence-corrected chi connectivity index (χ1v) is 11.8. The monoisotopic (exact) mass is 490 g/mol. The summed E-state index contributed by atoms with van der Waals surface area (Å²) in [7, 11) is 0. The largest absolute Gasteiger partial charge is 0.462 e. The van der Waals surface area contributed by atoms with Crippen LogP contribution >= 0.6 is 0 Å². The molecule has 0 aromatic heterocycles. The minimum absolute atomic E-state index is 0.115. The van der Waals surface area contributed by atoms with Crippen molar-refractivity contribution in [3.63, 3.8) is 0 Å². The summed E-state index contributed by atoms with van der Waals surface area (Å²) in [5.41, 5.74) is 1.20. The number of hydrogen-bond donors (Lipinski definition) is 1. The van der Waals surface area contributed by atoms with Crippen LogP contribution in [0.5, 0.6) is 0 Å². The van der Waals surface area contributed by atoms with Gasteiger partial charge in [0.15, 0.2) is 6.61 Å². The fourth-order valence-electron chi connectivity index (χ4n) is 4.21. The van der Waals surface area contributed by atoms with E-state index >= 15 is 0 Å². The first-order valence-electron chi connectivity index (χ1n) is 11.8. The zero-order valence-electron chi connectivity index (χ0n) is 19.8. The van der Waals surface area contributed by atoms with Crippen molar-refractivity contribution in [2.75, 3.05) is 23.4 Å². The smallest absolute Gasteiger partial charge is 0.338 e. The second-order valence-electron chi connectivity index (χ2n) is 8.56. The Balaban J connectivity index is 1.33. The zero-order chi connectivity index (χ0) is 25.7. The molecule has 1 fully saturated rings. The molecule has 1 heterocycles. The molecule has 0 spiro atoms. The van der Waals surface area contributed by atoms with E-state index in [0.717, 1.165) is 11.3 Å². The normalized spacial score (nSPS) is 18.5. The average Bonchev–Trinajstić information content (AvgIpc) is 3.16. The lowest BCUT2D eigenvalue weighted by molar-refractivity contribution is -0.122. The van der Waals surface area contributed by atoms with Gasteiger partial charge >= 0.3 is 11.9 Å². The summed E-state index contributed by atoms with van der Waals surface area (Å²) >= 11 is 0. The third-order valence-electron chi connectivity index (χ3n) is 6.02. The fraction of sp³-hybridized carbons (Fsp3) is 0.296. The summed E-state index contributed by atoms with van der Waals surface area (Å²) in [6.45, 7) is 1.68. The highest BCUT2D eigenvalue weighted by Crippen LogP contribution is 2.37. The Morgan fingerprint density at radius 2 is 1.53 bits per heavy atom. The first-order chi connectivity index (χ1) is 17.4. The molecule has 0 radical (unpaired) electrons. The number of rotatable bonds is 8. The lowest BCUT2D eigenvalue weighted by Gasteiger charge is -2.15. The van der Waals surface area contributed by atoms with E-state index in [9.17, 15) is 24.0 Å². The molecule has 1 aliphatic carbocycles. The number of esters is 2. The number of hydrogen-bond acceptors (Lipinski definition) is 7. The molecule has 1 saturated heterocycles. The molecule has 186 valence electrons. The summed E-state index contributed by atoms with van der Waals surface area (Å²) in [5.74, 6) is -3.08. The highest BCUT2D eigenvalue weighted by atomic mass is 16.5. The first kappa shape index (κ1) is 24.8. The molecule has 2 aromatic carbocycles. The lowest BCUT2D eigenvalue weighted by atomic mass is 9.85. The van der Waals surface area contributed by atoms with Crippen molar-refractivity contribution in [3.8, 4) is 0 Å². The van der Waals surface area contributed by atoms with E-state index in [2.05, 4.69) is 5.32 Å². The molecule has 4 rings (SSSR count). The van der Waals surface area contributed by atoms with Crippen LogP contribution in [0.3, 0.4) is 0 Å². The number of nitrogens with zero attached hydrogens (tertiary/aromatic N) is 1. The van der Waals surface area contributed by atoms with Crippen molar-refractivity contribution < 1.29 is 33.4 Å². The van der Waals surface area contributed by atoms with E-state index in [4.69, 9.17) is 9.47 Å². The van der Waals surface area contributed by atoms with Gasteiger partial charge in [-0.1, -0.05) is 25.1 Å². The number of nitrogens with one attached hydrogen (secondary N) is 1. The second kappa shape index (κ2) is 11.0. The number of carbonyl (C=O) groups is 5. The topological polar surface area (TPSA) is 119 Å². The fourth-order valence-corrected chi connectivity index (χ4v) is 4.21. The van der Waals surface area contributed by atoms with Crippen LogP contribution in [0.2, 0.25) is 0 Å². The van der Waals surface area contributed by atoms with Crippen LogP contribution in [0, 0.1) is 11.8 Å². The molecule has 2 atom stereocenters. The third kappa shape index (κ3) is 5.35. The minimum Gasteiger partial charge on any atom is -0.462 e. The van der Waals surface area contributed by atoms with E-state index in [1.165, 1.54) is 24.3 Å². The summed E-state index contributed by atoms with van der Waals surface area (Å²) in [6.07, 6.45) is 5.58. The molecule has 1 aliphatic heterocycles. The van der Waals surface area contributed by atoms with Gasteiger partial charge in [0.2, 0.25) is 11.8 Å². The molecule has 36 heavy (non-hydrogen) atoms. The molecule has 1 N–H and O–H groups in total. The number of anilines is 2. The van der Waals surface area contributed by atoms with Gasteiger partial charge in [0, 0.05) is 5.69 Å². The number of allylic oxidation sites excluding steroid dienone is 2. The Bertz CT molecular complexity index is 1190. The van der Waals surface area contributed by atoms with Crippen LogP contribution in [0.4, 0.5) is 11.4 Å². The second-order valence-corrected chi connectivity index (χ2v) is 8.56. The number of benzene rings is 2. The highest BCUT2D eigenvalue weighted by molar-refractivity contribution is 6.22. The van der Waals surface area contributed by atoms with E-state index in [-0.39, 0.29) is 29.2 Å². The van der Waals surface area contributed by atoms with Gasteiger partial charge in [-0.3, -0.25) is 19.3 Å². The predicted molar refractivity (Wildman–Crippen MR) is 130 cm³/mol. The predicted octanol–water partition coefficient (Wildman–Crippen LogP) is 3.50. The standard InChI is InChI=1S/C27H26N2O7/c1-2-14-35-26(33)17-10-12-19(13-11-17)28-23(30)16-36-27(34)18-6-5-7-20(15-18)29-24(31)21-8-3-4-9-22(21)25(29)32/h3-7,10-13,15,21-22H,2,8-9,14,16H2,1H3,(H,28,30)/t21-,22-/m1/s1. The molecule has 3 amide bonds. The maximum atomic E-state index is 12.8. The Labute approximate surface area is 208 Å². The minimum atomic E-state index is -0.765. The van der Waals surface area contributed by atoms with Crippen molar-refractivity contribution in [1.29, 1.82) is 0 Å². The maximum Gasteiger partial charge on any atom is 0.338 e. The van der Waals surface area contributed by atoms with E-state index in [1.807, 2.05) is 19.1 Å². The highest BCUT2D eigenvalue weighted by Gasteiger charge is 2.47. The van der Waals surface area contributed by atoms with Crippen LogP contribution < -0.4 is 10.2 Å². The Morgan fingerprint density at radius 3 is 2.17 bits per heavy atom. The van der Waals surface area contributed by atoms with Crippen LogP contribution in [0.1, 0.15) is 46.9 Å². The van der Waals surface area contributed by atoms with E-state index in [1.54, 1.807) is 24.3 Å². The number of amides is 3. The maximum absolute atomic E-state index is 12.8. The Morgan fingerprint density at radius 1 is 0.889 bits per heavy atom. The van der Waals surface area contributed by atoms with Gasteiger partial charge in [0.05, 0.1) is 35.3 Å². The van der Waals surface area contributed by atoms with Gasteiger partial charge in [-0.25, -0.2) is 9.59 Å². The van der Waals surface area contributed by atoms with E-state index in [0.29, 0.717) is 36.4 Å². The van der Waals surface area contributed by atoms with Crippen LogP contribution in [0.15, 0.2) is 60.7 Å². The molecule has 0 saturated carbocycles. The molecular formula is C27H26N2O7. The summed E-state index contributed by atoms with van der Waals surface area (Å²) in [6, 6.07) is 12.2. The van der Waals surface area contributed by atoms with Gasteiger partial charge in [-0.2, -0.15) is 0 Å². The van der Waals surface area contributed by atoms with E-state index < -0.39 is 24.5 Å². The molecule has 9 heteroatoms. The van der Waals surface area contributed by atoms with Crippen molar-refractivity contribution in [2.24, 2.45) is 11.8 Å². The van der Waals surface area contributed by atoms with Crippen molar-refractivity contribution in [3.05, 3.63) is 71.8 Å². The van der Waals surface area contributed by atoms with Gasteiger partial charge < -0.3 is 14.8 Å². The third-order valence-corrected chi connectivity index (χ3v) is 6.02. The molecule has 0 unspecified atom stereocenters. The molecule has 0 bridgehead atoms. The number of ether oxygens (including phenoxy) is 2. The van der Waals surface area contributed by atoms with Crippen molar-refractivity contribution >= 4 is 41.0 Å². The number of imide groups is 1. The average molecular weight is 491 g/mol. The summed E-state index contributed by atoms with van der Waals surface area (Å²) < 4.78 is 10.2. The Hall–Kier alpha value is -4.27. The van der Waals surface area contributed by atoms with Crippen molar-refractivity contribution in [2.45, 2.75) is 26.2 Å². The van der Waals surface area contributed by atoms with Crippen LogP contribution in [-0.4, -0.2) is 42.9 Å². The molecule has 2 aromatic rings.